The van der Waals surface area contributed by atoms with E-state index in [1.807, 2.05) is 13.0 Å². The first-order valence-electron chi connectivity index (χ1n) is 3.87. The fourth-order valence-corrected chi connectivity index (χ4v) is 0.859. The highest BCUT2D eigenvalue weighted by atomic mass is 16.5. The summed E-state index contributed by atoms with van der Waals surface area (Å²) in [5.74, 6) is 0.0338. The molecule has 0 aliphatic carbocycles. The molecule has 4 nitrogen and oxygen atoms in total. The van der Waals surface area contributed by atoms with Crippen molar-refractivity contribution in [3.05, 3.63) is 0 Å². The lowest BCUT2D eigenvalue weighted by Crippen LogP contribution is -2.24. The van der Waals surface area contributed by atoms with Crippen molar-refractivity contribution in [2.45, 2.75) is 13.0 Å². The predicted octanol–water partition coefficient (Wildman–Crippen LogP) is 0.170. The van der Waals surface area contributed by atoms with Gasteiger partial charge in [0.1, 0.15) is 6.10 Å². The average molecular weight is 173 g/mol. The van der Waals surface area contributed by atoms with Crippen molar-refractivity contribution in [3.63, 3.8) is 0 Å². The Labute approximate surface area is 72.7 Å². The normalized spacial score (nSPS) is 15.2. The Balaban J connectivity index is 3.73. The van der Waals surface area contributed by atoms with Crippen LogP contribution in [-0.2, 0) is 9.47 Å². The maximum absolute atomic E-state index is 8.64. The monoisotopic (exact) mass is 173 g/mol. The minimum absolute atomic E-state index is 0.0338. The number of ether oxygens (including phenoxy) is 2. The molecule has 0 bridgehead atoms. The molecule has 0 aliphatic heterocycles. The van der Waals surface area contributed by atoms with Gasteiger partial charge >= 0.3 is 0 Å². The number of methoxy groups -OCH3 is 1. The molecule has 1 N–H and O–H groups in total. The van der Waals surface area contributed by atoms with E-state index in [-0.39, 0.29) is 19.1 Å². The molecular weight excluding hydrogens is 158 g/mol. The van der Waals surface area contributed by atoms with Crippen LogP contribution >= 0.6 is 0 Å². The number of hydrogen-bond acceptors (Lipinski definition) is 4. The van der Waals surface area contributed by atoms with Gasteiger partial charge in [0.2, 0.25) is 0 Å². The quantitative estimate of drug-likeness (QED) is 0.622. The minimum atomic E-state index is -0.489. The van der Waals surface area contributed by atoms with Gasteiger partial charge in [-0.15, -0.1) is 0 Å². The third kappa shape index (κ3) is 4.29. The SMILES string of the molecule is COCC(C)C(C#N)OCCO. The topological polar surface area (TPSA) is 62.5 Å². The van der Waals surface area contributed by atoms with E-state index >= 15 is 0 Å². The standard InChI is InChI=1S/C8H15NO3/c1-7(6-11-2)8(5-9)12-4-3-10/h7-8,10H,3-4,6H2,1-2H3. The summed E-state index contributed by atoms with van der Waals surface area (Å²) in [4.78, 5) is 0. The highest BCUT2D eigenvalue weighted by Gasteiger charge is 2.16. The first-order chi connectivity index (χ1) is 5.76. The molecule has 12 heavy (non-hydrogen) atoms. The van der Waals surface area contributed by atoms with Crippen LogP contribution in [0.15, 0.2) is 0 Å². The summed E-state index contributed by atoms with van der Waals surface area (Å²) in [5, 5.41) is 17.1. The van der Waals surface area contributed by atoms with Crippen molar-refractivity contribution in [1.29, 1.82) is 5.26 Å². The molecule has 0 rings (SSSR count). The third-order valence-electron chi connectivity index (χ3n) is 1.46. The number of hydrogen-bond donors (Lipinski definition) is 1. The Morgan fingerprint density at radius 3 is 2.67 bits per heavy atom. The lowest BCUT2D eigenvalue weighted by atomic mass is 10.1. The largest absolute Gasteiger partial charge is 0.394 e. The summed E-state index contributed by atoms with van der Waals surface area (Å²) >= 11 is 0. The van der Waals surface area contributed by atoms with Crippen LogP contribution in [0.3, 0.4) is 0 Å². The van der Waals surface area contributed by atoms with Gasteiger partial charge in [-0.25, -0.2) is 0 Å². The Morgan fingerprint density at radius 2 is 2.25 bits per heavy atom. The van der Waals surface area contributed by atoms with E-state index in [2.05, 4.69) is 0 Å². The molecular formula is C8H15NO3. The fourth-order valence-electron chi connectivity index (χ4n) is 0.859. The number of nitriles is 1. The van der Waals surface area contributed by atoms with E-state index in [9.17, 15) is 0 Å². The van der Waals surface area contributed by atoms with Gasteiger partial charge in [-0.2, -0.15) is 5.26 Å². The summed E-state index contributed by atoms with van der Waals surface area (Å²) < 4.78 is 9.94. The second kappa shape index (κ2) is 7.04. The molecule has 70 valence electrons. The van der Waals surface area contributed by atoms with Crippen molar-refractivity contribution in [2.75, 3.05) is 26.9 Å². The van der Waals surface area contributed by atoms with E-state index in [1.165, 1.54) is 0 Å². The van der Waals surface area contributed by atoms with Gasteiger partial charge in [0, 0.05) is 13.0 Å². The van der Waals surface area contributed by atoms with Crippen molar-refractivity contribution in [2.24, 2.45) is 5.92 Å². The van der Waals surface area contributed by atoms with E-state index in [0.29, 0.717) is 6.61 Å². The van der Waals surface area contributed by atoms with Gasteiger partial charge in [-0.05, 0) is 0 Å². The molecule has 0 saturated carbocycles. The van der Waals surface area contributed by atoms with Gasteiger partial charge in [-0.3, -0.25) is 0 Å². The van der Waals surface area contributed by atoms with Crippen molar-refractivity contribution < 1.29 is 14.6 Å². The molecule has 0 aromatic rings. The number of aliphatic hydroxyl groups is 1. The van der Waals surface area contributed by atoms with Crippen molar-refractivity contribution in [3.8, 4) is 6.07 Å². The molecule has 0 aromatic heterocycles. The molecule has 2 atom stereocenters. The van der Waals surface area contributed by atoms with Crippen LogP contribution in [0.1, 0.15) is 6.92 Å². The minimum Gasteiger partial charge on any atom is -0.394 e. The molecule has 0 amide bonds. The molecule has 0 spiro atoms. The Bertz CT molecular complexity index is 144. The zero-order valence-corrected chi connectivity index (χ0v) is 7.49. The Kier molecular flexibility index (Phi) is 6.67. The molecule has 4 heteroatoms. The summed E-state index contributed by atoms with van der Waals surface area (Å²) in [6.07, 6.45) is -0.489. The van der Waals surface area contributed by atoms with Gasteiger partial charge in [0.25, 0.3) is 0 Å². The van der Waals surface area contributed by atoms with Gasteiger partial charge < -0.3 is 14.6 Å². The van der Waals surface area contributed by atoms with Crippen LogP contribution < -0.4 is 0 Å². The Morgan fingerprint density at radius 1 is 1.58 bits per heavy atom. The van der Waals surface area contributed by atoms with Gasteiger partial charge in [-0.1, -0.05) is 6.92 Å². The summed E-state index contributed by atoms with van der Waals surface area (Å²) in [6, 6.07) is 2.01. The highest BCUT2D eigenvalue weighted by Crippen LogP contribution is 2.06. The summed E-state index contributed by atoms with van der Waals surface area (Å²) in [7, 11) is 1.58. The maximum atomic E-state index is 8.64. The van der Waals surface area contributed by atoms with Crippen LogP contribution in [0.4, 0.5) is 0 Å². The van der Waals surface area contributed by atoms with Crippen molar-refractivity contribution in [1.82, 2.24) is 0 Å². The van der Waals surface area contributed by atoms with Crippen LogP contribution in [0, 0.1) is 17.2 Å². The van der Waals surface area contributed by atoms with Crippen LogP contribution in [-0.4, -0.2) is 38.1 Å². The maximum Gasteiger partial charge on any atom is 0.148 e. The fraction of sp³-hybridized carbons (Fsp3) is 0.875. The Hall–Kier alpha value is -0.630. The molecule has 2 unspecified atom stereocenters. The lowest BCUT2D eigenvalue weighted by Gasteiger charge is -2.16. The number of rotatable bonds is 6. The second-order valence-corrected chi connectivity index (χ2v) is 2.58. The van der Waals surface area contributed by atoms with E-state index in [4.69, 9.17) is 19.8 Å². The molecule has 0 aliphatic rings. The van der Waals surface area contributed by atoms with E-state index < -0.39 is 6.10 Å². The van der Waals surface area contributed by atoms with E-state index in [0.717, 1.165) is 0 Å². The van der Waals surface area contributed by atoms with Crippen LogP contribution in [0.25, 0.3) is 0 Å². The average Bonchev–Trinajstić information content (AvgIpc) is 2.06. The third-order valence-corrected chi connectivity index (χ3v) is 1.46. The number of aliphatic hydroxyl groups excluding tert-OH is 1. The van der Waals surface area contributed by atoms with E-state index in [1.54, 1.807) is 7.11 Å². The molecule has 0 aromatic carbocycles. The number of nitrogens with zero attached hydrogens (tertiary/aromatic N) is 1. The summed E-state index contributed by atoms with van der Waals surface area (Å²) in [5.41, 5.74) is 0. The van der Waals surface area contributed by atoms with Crippen LogP contribution in [0.5, 0.6) is 0 Å². The summed E-state index contributed by atoms with van der Waals surface area (Å²) in [6.45, 7) is 2.50. The lowest BCUT2D eigenvalue weighted by molar-refractivity contribution is 0.00837. The smallest absolute Gasteiger partial charge is 0.148 e. The highest BCUT2D eigenvalue weighted by molar-refractivity contribution is 4.87. The molecule has 0 heterocycles. The molecule has 0 fully saturated rings. The zero-order valence-electron chi connectivity index (χ0n) is 7.49. The van der Waals surface area contributed by atoms with Crippen LogP contribution in [0.2, 0.25) is 0 Å². The second-order valence-electron chi connectivity index (χ2n) is 2.58. The predicted molar refractivity (Wildman–Crippen MR) is 43.5 cm³/mol. The van der Waals surface area contributed by atoms with Crippen molar-refractivity contribution >= 4 is 0 Å². The molecule has 0 radical (unpaired) electrons. The van der Waals surface area contributed by atoms with Gasteiger partial charge in [0.15, 0.2) is 0 Å². The first-order valence-corrected chi connectivity index (χ1v) is 3.87. The zero-order chi connectivity index (χ0) is 9.40. The first kappa shape index (κ1) is 11.4. The van der Waals surface area contributed by atoms with Gasteiger partial charge in [0.05, 0.1) is 25.9 Å². The molecule has 0 saturated heterocycles.